The number of anilines is 2. The van der Waals surface area contributed by atoms with Crippen molar-refractivity contribution in [1.82, 2.24) is 5.43 Å². The van der Waals surface area contributed by atoms with Crippen molar-refractivity contribution >= 4 is 41.0 Å². The van der Waals surface area contributed by atoms with Gasteiger partial charge in [-0.1, -0.05) is 54.1 Å². The average molecular weight is 407 g/mol. The summed E-state index contributed by atoms with van der Waals surface area (Å²) in [6.45, 7) is 0.106. The SMILES string of the molecule is O=C(CNc1ccccc1)N/N=C/c1cccc(NC(=O)c2ccccc2Cl)c1. The first-order chi connectivity index (χ1) is 14.1. The molecule has 3 rings (SSSR count). The van der Waals surface area contributed by atoms with E-state index in [-0.39, 0.29) is 18.4 Å². The van der Waals surface area contributed by atoms with Crippen molar-refractivity contribution in [3.8, 4) is 0 Å². The van der Waals surface area contributed by atoms with Crippen LogP contribution in [-0.2, 0) is 4.79 Å². The summed E-state index contributed by atoms with van der Waals surface area (Å²) in [4.78, 5) is 24.2. The van der Waals surface area contributed by atoms with E-state index in [0.717, 1.165) is 11.3 Å². The molecule has 0 saturated carbocycles. The average Bonchev–Trinajstić information content (AvgIpc) is 2.73. The van der Waals surface area contributed by atoms with Gasteiger partial charge in [0, 0.05) is 11.4 Å². The summed E-state index contributed by atoms with van der Waals surface area (Å²) in [7, 11) is 0. The maximum Gasteiger partial charge on any atom is 0.259 e. The van der Waals surface area contributed by atoms with Crippen molar-refractivity contribution in [1.29, 1.82) is 0 Å². The van der Waals surface area contributed by atoms with Gasteiger partial charge in [-0.25, -0.2) is 5.43 Å². The summed E-state index contributed by atoms with van der Waals surface area (Å²) in [6.07, 6.45) is 1.51. The molecular formula is C22H19ClN4O2. The molecule has 6 nitrogen and oxygen atoms in total. The third-order valence-electron chi connectivity index (χ3n) is 3.89. The van der Waals surface area contributed by atoms with Crippen molar-refractivity contribution in [2.45, 2.75) is 0 Å². The fourth-order valence-electron chi connectivity index (χ4n) is 2.50. The molecular weight excluding hydrogens is 388 g/mol. The molecule has 146 valence electrons. The van der Waals surface area contributed by atoms with Crippen LogP contribution in [0.1, 0.15) is 15.9 Å². The van der Waals surface area contributed by atoms with Crippen molar-refractivity contribution in [3.05, 3.63) is 95.0 Å². The number of benzene rings is 3. The van der Waals surface area contributed by atoms with E-state index in [1.54, 1.807) is 42.5 Å². The van der Waals surface area contributed by atoms with Crippen LogP contribution in [0.5, 0.6) is 0 Å². The first-order valence-corrected chi connectivity index (χ1v) is 9.26. The number of halogens is 1. The lowest BCUT2D eigenvalue weighted by Crippen LogP contribution is -2.25. The van der Waals surface area contributed by atoms with Crippen molar-refractivity contribution in [2.75, 3.05) is 17.2 Å². The highest BCUT2D eigenvalue weighted by molar-refractivity contribution is 6.34. The Bertz CT molecular complexity index is 1020. The second-order valence-electron chi connectivity index (χ2n) is 6.07. The molecule has 7 heteroatoms. The highest BCUT2D eigenvalue weighted by atomic mass is 35.5. The molecule has 0 saturated heterocycles. The number of hydrogen-bond donors (Lipinski definition) is 3. The van der Waals surface area contributed by atoms with E-state index >= 15 is 0 Å². The van der Waals surface area contributed by atoms with Gasteiger partial charge in [0.05, 0.1) is 23.3 Å². The number of hydrazone groups is 1. The fourth-order valence-corrected chi connectivity index (χ4v) is 2.72. The summed E-state index contributed by atoms with van der Waals surface area (Å²) < 4.78 is 0. The molecule has 3 N–H and O–H groups in total. The van der Waals surface area contributed by atoms with Crippen LogP contribution < -0.4 is 16.1 Å². The van der Waals surface area contributed by atoms with Gasteiger partial charge in [-0.2, -0.15) is 5.10 Å². The van der Waals surface area contributed by atoms with Crippen LogP contribution in [0.2, 0.25) is 5.02 Å². The van der Waals surface area contributed by atoms with E-state index in [4.69, 9.17) is 11.6 Å². The van der Waals surface area contributed by atoms with E-state index in [9.17, 15) is 9.59 Å². The Hall–Kier alpha value is -3.64. The summed E-state index contributed by atoms with van der Waals surface area (Å²) in [5.41, 5.74) is 5.02. The Kier molecular flexibility index (Phi) is 6.97. The smallest absolute Gasteiger partial charge is 0.259 e. The maximum absolute atomic E-state index is 12.3. The highest BCUT2D eigenvalue weighted by Gasteiger charge is 2.09. The van der Waals surface area contributed by atoms with Gasteiger partial charge in [0.1, 0.15) is 0 Å². The van der Waals surface area contributed by atoms with Crippen molar-refractivity contribution in [2.24, 2.45) is 5.10 Å². The van der Waals surface area contributed by atoms with E-state index < -0.39 is 0 Å². The molecule has 3 aromatic carbocycles. The standard InChI is InChI=1S/C22H19ClN4O2/c23-20-12-5-4-11-19(20)22(29)26-18-10-6-7-16(13-18)14-25-27-21(28)15-24-17-8-2-1-3-9-17/h1-14,24H,15H2,(H,26,29)(H,27,28)/b25-14+. The van der Waals surface area contributed by atoms with Crippen molar-refractivity contribution in [3.63, 3.8) is 0 Å². The van der Waals surface area contributed by atoms with Gasteiger partial charge >= 0.3 is 0 Å². The van der Waals surface area contributed by atoms with E-state index in [0.29, 0.717) is 16.3 Å². The zero-order valence-corrected chi connectivity index (χ0v) is 16.2. The van der Waals surface area contributed by atoms with Crippen LogP contribution in [0.15, 0.2) is 84.0 Å². The number of rotatable bonds is 7. The molecule has 0 bridgehead atoms. The molecule has 29 heavy (non-hydrogen) atoms. The second-order valence-corrected chi connectivity index (χ2v) is 6.48. The Morgan fingerprint density at radius 2 is 1.62 bits per heavy atom. The first kappa shape index (κ1) is 20.1. The van der Waals surface area contributed by atoms with Crippen LogP contribution >= 0.6 is 11.6 Å². The van der Waals surface area contributed by atoms with Gasteiger partial charge in [0.15, 0.2) is 0 Å². The molecule has 0 aromatic heterocycles. The molecule has 0 atom stereocenters. The lowest BCUT2D eigenvalue weighted by molar-refractivity contribution is -0.119. The predicted octanol–water partition coefficient (Wildman–Crippen LogP) is 4.15. The zero-order valence-electron chi connectivity index (χ0n) is 15.4. The van der Waals surface area contributed by atoms with Gasteiger partial charge in [-0.15, -0.1) is 0 Å². The minimum atomic E-state index is -0.301. The Morgan fingerprint density at radius 3 is 2.41 bits per heavy atom. The number of nitrogens with one attached hydrogen (secondary N) is 3. The van der Waals surface area contributed by atoms with E-state index in [1.807, 2.05) is 36.4 Å². The lowest BCUT2D eigenvalue weighted by Gasteiger charge is -2.07. The zero-order chi connectivity index (χ0) is 20.5. The molecule has 0 unspecified atom stereocenters. The van der Waals surface area contributed by atoms with Gasteiger partial charge in [-0.05, 0) is 42.0 Å². The number of nitrogens with zero attached hydrogens (tertiary/aromatic N) is 1. The Labute approximate surface area is 173 Å². The van der Waals surface area contributed by atoms with Gasteiger partial charge in [-0.3, -0.25) is 9.59 Å². The third kappa shape index (κ3) is 6.19. The van der Waals surface area contributed by atoms with Crippen LogP contribution in [0, 0.1) is 0 Å². The van der Waals surface area contributed by atoms with Crippen LogP contribution in [0.25, 0.3) is 0 Å². The number of carbonyl (C=O) groups excluding carboxylic acids is 2. The van der Waals surface area contributed by atoms with E-state index in [2.05, 4.69) is 21.2 Å². The Morgan fingerprint density at radius 1 is 0.897 bits per heavy atom. The first-order valence-electron chi connectivity index (χ1n) is 8.88. The fraction of sp³-hybridized carbons (Fsp3) is 0.0455. The molecule has 0 heterocycles. The molecule has 2 amide bonds. The number of hydrogen-bond acceptors (Lipinski definition) is 4. The number of para-hydroxylation sites is 1. The second kappa shape index (κ2) is 10.1. The third-order valence-corrected chi connectivity index (χ3v) is 4.22. The summed E-state index contributed by atoms with van der Waals surface area (Å²) in [5.74, 6) is -0.571. The summed E-state index contributed by atoms with van der Waals surface area (Å²) in [5, 5.41) is 10.1. The minimum absolute atomic E-state index is 0.106. The molecule has 0 aliphatic rings. The van der Waals surface area contributed by atoms with E-state index in [1.165, 1.54) is 6.21 Å². The normalized spacial score (nSPS) is 10.5. The molecule has 0 spiro atoms. The molecule has 0 radical (unpaired) electrons. The van der Waals surface area contributed by atoms with Gasteiger partial charge in [0.25, 0.3) is 11.8 Å². The number of amides is 2. The quantitative estimate of drug-likeness (QED) is 0.407. The largest absolute Gasteiger partial charge is 0.376 e. The molecule has 0 fully saturated rings. The highest BCUT2D eigenvalue weighted by Crippen LogP contribution is 2.17. The monoisotopic (exact) mass is 406 g/mol. The van der Waals surface area contributed by atoms with Crippen LogP contribution in [-0.4, -0.2) is 24.6 Å². The van der Waals surface area contributed by atoms with Crippen LogP contribution in [0.4, 0.5) is 11.4 Å². The Balaban J connectivity index is 1.53. The van der Waals surface area contributed by atoms with Gasteiger partial charge in [0.2, 0.25) is 0 Å². The van der Waals surface area contributed by atoms with Crippen LogP contribution in [0.3, 0.4) is 0 Å². The minimum Gasteiger partial charge on any atom is -0.376 e. The predicted molar refractivity (Wildman–Crippen MR) is 117 cm³/mol. The summed E-state index contributed by atoms with van der Waals surface area (Å²) >= 11 is 6.05. The number of carbonyl (C=O) groups is 2. The van der Waals surface area contributed by atoms with Crippen molar-refractivity contribution < 1.29 is 9.59 Å². The molecule has 0 aliphatic heterocycles. The molecule has 0 aliphatic carbocycles. The summed E-state index contributed by atoms with van der Waals surface area (Å²) in [6, 6.07) is 23.3. The van der Waals surface area contributed by atoms with Gasteiger partial charge < -0.3 is 10.6 Å². The maximum atomic E-state index is 12.3. The molecule has 3 aromatic rings. The topological polar surface area (TPSA) is 82.6 Å². The lowest BCUT2D eigenvalue weighted by atomic mass is 10.2.